The Morgan fingerprint density at radius 1 is 1.26 bits per heavy atom. The number of nitrogens with zero attached hydrogens (tertiary/aromatic N) is 1. The zero-order valence-corrected chi connectivity index (χ0v) is 16.6. The summed E-state index contributed by atoms with van der Waals surface area (Å²) in [7, 11) is 0. The Hall–Kier alpha value is -2.37. The monoisotopic (exact) mass is 375 g/mol. The number of amides is 2. The molecule has 1 saturated heterocycles. The average Bonchev–Trinajstić information content (AvgIpc) is 2.93. The molecule has 148 valence electrons. The van der Waals surface area contributed by atoms with E-state index in [4.69, 9.17) is 9.47 Å². The van der Waals surface area contributed by atoms with Crippen LogP contribution in [0.2, 0.25) is 0 Å². The van der Waals surface area contributed by atoms with Gasteiger partial charge in [-0.15, -0.1) is 0 Å². The molecule has 0 aromatic heterocycles. The number of ether oxygens (including phenoxy) is 2. The number of cyclic esters (lactones) is 1. The molecule has 2 rings (SSSR count). The molecule has 27 heavy (non-hydrogen) atoms. The van der Waals surface area contributed by atoms with E-state index < -0.39 is 23.6 Å². The number of carbonyl (C=O) groups excluding carboxylic acids is 3. The Morgan fingerprint density at radius 2 is 1.93 bits per heavy atom. The summed E-state index contributed by atoms with van der Waals surface area (Å²) in [6, 6.07) is 9.31. The molecule has 0 spiro atoms. The summed E-state index contributed by atoms with van der Waals surface area (Å²) < 4.78 is 10.5. The molecule has 1 heterocycles. The summed E-state index contributed by atoms with van der Waals surface area (Å²) in [4.78, 5) is 38.7. The van der Waals surface area contributed by atoms with Crippen molar-refractivity contribution >= 4 is 18.0 Å². The molecule has 6 heteroatoms. The van der Waals surface area contributed by atoms with Crippen LogP contribution in [0.15, 0.2) is 30.3 Å². The highest BCUT2D eigenvalue weighted by atomic mass is 16.6. The van der Waals surface area contributed by atoms with Gasteiger partial charge >= 0.3 is 12.1 Å². The number of benzene rings is 1. The molecule has 2 amide bonds. The Bertz CT molecular complexity index is 665. The first kappa shape index (κ1) is 20.9. The molecule has 0 aliphatic carbocycles. The number of rotatable bonds is 7. The molecule has 1 aliphatic heterocycles. The second-order valence-corrected chi connectivity index (χ2v) is 7.90. The minimum absolute atomic E-state index is 0.0359. The summed E-state index contributed by atoms with van der Waals surface area (Å²) in [5, 5.41) is 0. The molecule has 1 aromatic carbocycles. The molecule has 1 aliphatic rings. The van der Waals surface area contributed by atoms with Crippen LogP contribution >= 0.6 is 0 Å². The summed E-state index contributed by atoms with van der Waals surface area (Å²) >= 11 is 0. The summed E-state index contributed by atoms with van der Waals surface area (Å²) in [6.45, 7) is 7.48. The van der Waals surface area contributed by atoms with Crippen LogP contribution in [0.4, 0.5) is 4.79 Å². The molecule has 1 aromatic rings. The summed E-state index contributed by atoms with van der Waals surface area (Å²) in [5.41, 5.74) is 0.414. The van der Waals surface area contributed by atoms with E-state index in [0.717, 1.165) is 12.0 Å². The van der Waals surface area contributed by atoms with Gasteiger partial charge in [-0.1, -0.05) is 43.7 Å². The first-order valence-electron chi connectivity index (χ1n) is 9.47. The van der Waals surface area contributed by atoms with Crippen molar-refractivity contribution in [2.45, 2.75) is 65.0 Å². The third-order valence-electron chi connectivity index (χ3n) is 4.33. The van der Waals surface area contributed by atoms with Crippen molar-refractivity contribution in [2.24, 2.45) is 5.92 Å². The fraction of sp³-hybridized carbons (Fsp3) is 0.571. The lowest BCUT2D eigenvalue weighted by Gasteiger charge is -2.26. The Balaban J connectivity index is 2.11. The molecule has 1 unspecified atom stereocenters. The molecule has 0 radical (unpaired) electrons. The van der Waals surface area contributed by atoms with Crippen molar-refractivity contribution in [1.82, 2.24) is 4.90 Å². The van der Waals surface area contributed by atoms with E-state index in [9.17, 15) is 14.4 Å². The summed E-state index contributed by atoms with van der Waals surface area (Å²) in [6.07, 6.45) is 1.10. The fourth-order valence-corrected chi connectivity index (χ4v) is 3.21. The number of hydrogen-bond donors (Lipinski definition) is 0. The number of imide groups is 1. The van der Waals surface area contributed by atoms with Gasteiger partial charge in [0.25, 0.3) is 0 Å². The smallest absolute Gasteiger partial charge is 0.416 e. The van der Waals surface area contributed by atoms with Gasteiger partial charge in [0.15, 0.2) is 0 Å². The highest BCUT2D eigenvalue weighted by Gasteiger charge is 2.41. The lowest BCUT2D eigenvalue weighted by atomic mass is 9.96. The van der Waals surface area contributed by atoms with Crippen molar-refractivity contribution in [3.05, 3.63) is 35.9 Å². The van der Waals surface area contributed by atoms with E-state index in [-0.39, 0.29) is 25.0 Å². The minimum atomic E-state index is -0.633. The Morgan fingerprint density at radius 3 is 2.52 bits per heavy atom. The molecule has 0 N–H and O–H groups in total. The second-order valence-electron chi connectivity index (χ2n) is 7.90. The van der Waals surface area contributed by atoms with Gasteiger partial charge in [-0.3, -0.25) is 9.59 Å². The average molecular weight is 375 g/mol. The van der Waals surface area contributed by atoms with Crippen molar-refractivity contribution in [3.8, 4) is 0 Å². The third kappa shape index (κ3) is 6.08. The second kappa shape index (κ2) is 9.02. The van der Waals surface area contributed by atoms with Gasteiger partial charge in [0.05, 0.1) is 12.5 Å². The van der Waals surface area contributed by atoms with Gasteiger partial charge in [-0.2, -0.15) is 0 Å². The lowest BCUT2D eigenvalue weighted by molar-refractivity contribution is -0.158. The van der Waals surface area contributed by atoms with Crippen LogP contribution in [0, 0.1) is 5.92 Å². The Kier molecular flexibility index (Phi) is 6.99. The molecule has 0 saturated carbocycles. The maximum absolute atomic E-state index is 13.1. The predicted molar refractivity (Wildman–Crippen MR) is 101 cm³/mol. The first-order valence-corrected chi connectivity index (χ1v) is 9.47. The molecule has 2 atom stereocenters. The van der Waals surface area contributed by atoms with E-state index >= 15 is 0 Å². The highest BCUT2D eigenvalue weighted by molar-refractivity contribution is 5.96. The quantitative estimate of drug-likeness (QED) is 0.679. The SMILES string of the molecule is CCCC(CC(=O)OC(C)(C)C)C(=O)N1C(=O)OC[C@@H]1Cc1ccccc1. The van der Waals surface area contributed by atoms with Crippen LogP contribution in [0.1, 0.15) is 52.5 Å². The van der Waals surface area contributed by atoms with Gasteiger partial charge < -0.3 is 9.47 Å². The van der Waals surface area contributed by atoms with Crippen LogP contribution in [0.3, 0.4) is 0 Å². The van der Waals surface area contributed by atoms with E-state index in [0.29, 0.717) is 12.8 Å². The van der Waals surface area contributed by atoms with Crippen LogP contribution in [-0.2, 0) is 25.5 Å². The van der Waals surface area contributed by atoms with Gasteiger partial charge in [-0.05, 0) is 39.2 Å². The number of hydrogen-bond acceptors (Lipinski definition) is 5. The number of esters is 1. The molecular weight excluding hydrogens is 346 g/mol. The van der Waals surface area contributed by atoms with Gasteiger partial charge in [0, 0.05) is 5.92 Å². The minimum Gasteiger partial charge on any atom is -0.460 e. The van der Waals surface area contributed by atoms with Crippen LogP contribution < -0.4 is 0 Å². The lowest BCUT2D eigenvalue weighted by Crippen LogP contribution is -2.44. The van der Waals surface area contributed by atoms with Crippen LogP contribution in [0.25, 0.3) is 0 Å². The maximum atomic E-state index is 13.1. The molecule has 1 fully saturated rings. The topological polar surface area (TPSA) is 72.9 Å². The maximum Gasteiger partial charge on any atom is 0.416 e. The van der Waals surface area contributed by atoms with Crippen molar-refractivity contribution in [2.75, 3.05) is 6.61 Å². The van der Waals surface area contributed by atoms with Crippen molar-refractivity contribution in [3.63, 3.8) is 0 Å². The number of carbonyl (C=O) groups is 3. The van der Waals surface area contributed by atoms with Gasteiger partial charge in [0.1, 0.15) is 12.2 Å². The zero-order chi connectivity index (χ0) is 20.0. The largest absolute Gasteiger partial charge is 0.460 e. The van der Waals surface area contributed by atoms with E-state index in [1.165, 1.54) is 4.90 Å². The highest BCUT2D eigenvalue weighted by Crippen LogP contribution is 2.24. The van der Waals surface area contributed by atoms with Crippen LogP contribution in [-0.4, -0.2) is 41.1 Å². The van der Waals surface area contributed by atoms with E-state index in [1.807, 2.05) is 37.3 Å². The van der Waals surface area contributed by atoms with E-state index in [1.54, 1.807) is 20.8 Å². The van der Waals surface area contributed by atoms with Gasteiger partial charge in [0.2, 0.25) is 5.91 Å². The fourth-order valence-electron chi connectivity index (χ4n) is 3.21. The third-order valence-corrected chi connectivity index (χ3v) is 4.33. The first-order chi connectivity index (χ1) is 12.7. The zero-order valence-electron chi connectivity index (χ0n) is 16.6. The Labute approximate surface area is 160 Å². The molecule has 0 bridgehead atoms. The van der Waals surface area contributed by atoms with Crippen molar-refractivity contribution in [1.29, 1.82) is 0 Å². The molecular formula is C21H29NO5. The van der Waals surface area contributed by atoms with E-state index in [2.05, 4.69) is 0 Å². The predicted octanol–water partition coefficient (Wildman–Crippen LogP) is 3.72. The normalized spacial score (nSPS) is 18.1. The van der Waals surface area contributed by atoms with Gasteiger partial charge in [-0.25, -0.2) is 9.69 Å². The van der Waals surface area contributed by atoms with Crippen LogP contribution in [0.5, 0.6) is 0 Å². The standard InChI is InChI=1S/C21H29NO5/c1-5-9-16(13-18(23)27-21(2,3)4)19(24)22-17(14-26-20(22)25)12-15-10-7-6-8-11-15/h6-8,10-11,16-17H,5,9,12-14H2,1-4H3/t16?,17-/m0/s1. The van der Waals surface area contributed by atoms with Crippen molar-refractivity contribution < 1.29 is 23.9 Å². The molecule has 6 nitrogen and oxygen atoms in total. The summed E-state index contributed by atoms with van der Waals surface area (Å²) in [5.74, 6) is -1.37.